The van der Waals surface area contributed by atoms with Crippen LogP contribution in [0, 0.1) is 0 Å². The number of amides is 3. The number of hydrogen-bond acceptors (Lipinski definition) is 5. The molecule has 2 heterocycles. The zero-order valence-electron chi connectivity index (χ0n) is 14.0. The summed E-state index contributed by atoms with van der Waals surface area (Å²) >= 11 is 0.867. The molecular formula is C17H21N4O3S+. The molecule has 0 radical (unpaired) electrons. The maximum atomic E-state index is 12.4. The van der Waals surface area contributed by atoms with E-state index in [-0.39, 0.29) is 12.5 Å². The summed E-state index contributed by atoms with van der Waals surface area (Å²) in [5.74, 6) is -0.764. The normalized spacial score (nSPS) is 21.2. The molecule has 2 aliphatic rings. The SMILES string of the molecule is C[NH+]1CCN(NC(=O)CN2C(=O)SC(=Cc3ccccc3)C2=O)CC1. The van der Waals surface area contributed by atoms with Crippen molar-refractivity contribution in [2.45, 2.75) is 0 Å². The second-order valence-corrected chi connectivity index (χ2v) is 7.15. The zero-order valence-corrected chi connectivity index (χ0v) is 14.8. The summed E-state index contributed by atoms with van der Waals surface area (Å²) in [6.07, 6.45) is 1.67. The fourth-order valence-corrected chi connectivity index (χ4v) is 3.53. The Morgan fingerprint density at radius 3 is 2.60 bits per heavy atom. The first-order valence-corrected chi connectivity index (χ1v) is 9.01. The zero-order chi connectivity index (χ0) is 17.8. The first-order valence-electron chi connectivity index (χ1n) is 8.19. The molecule has 0 aromatic heterocycles. The molecule has 2 aliphatic heterocycles. The van der Waals surface area contributed by atoms with Gasteiger partial charge in [0.15, 0.2) is 0 Å². The lowest BCUT2D eigenvalue weighted by atomic mass is 10.2. The third-order valence-electron chi connectivity index (χ3n) is 4.17. The van der Waals surface area contributed by atoms with Gasteiger partial charge in [0.2, 0.25) is 0 Å². The van der Waals surface area contributed by atoms with Gasteiger partial charge in [0.05, 0.1) is 38.1 Å². The van der Waals surface area contributed by atoms with Crippen molar-refractivity contribution in [2.75, 3.05) is 39.8 Å². The Kier molecular flexibility index (Phi) is 5.52. The summed E-state index contributed by atoms with van der Waals surface area (Å²) in [6.45, 7) is 3.15. The van der Waals surface area contributed by atoms with Crippen LogP contribution in [0.2, 0.25) is 0 Å². The van der Waals surface area contributed by atoms with Crippen LogP contribution in [0.4, 0.5) is 4.79 Å². The molecular weight excluding hydrogens is 340 g/mol. The number of rotatable bonds is 4. The fraction of sp³-hybridized carbons (Fsp3) is 0.353. The predicted octanol–water partition coefficient (Wildman–Crippen LogP) is -0.416. The lowest BCUT2D eigenvalue weighted by Crippen LogP contribution is -3.12. The van der Waals surface area contributed by atoms with Crippen LogP contribution < -0.4 is 10.3 Å². The second kappa shape index (κ2) is 7.81. The summed E-state index contributed by atoms with van der Waals surface area (Å²) in [4.78, 5) is 39.4. The van der Waals surface area contributed by atoms with E-state index >= 15 is 0 Å². The number of likely N-dealkylation sites (N-methyl/N-ethyl adjacent to an activating group) is 1. The van der Waals surface area contributed by atoms with Crippen molar-refractivity contribution in [3.05, 3.63) is 40.8 Å². The summed E-state index contributed by atoms with van der Waals surface area (Å²) in [5.41, 5.74) is 3.62. The van der Waals surface area contributed by atoms with Crippen molar-refractivity contribution >= 4 is 34.9 Å². The van der Waals surface area contributed by atoms with Crippen molar-refractivity contribution < 1.29 is 19.3 Å². The smallest absolute Gasteiger partial charge is 0.294 e. The lowest BCUT2D eigenvalue weighted by Gasteiger charge is -2.30. The van der Waals surface area contributed by atoms with Crippen LogP contribution >= 0.6 is 11.8 Å². The van der Waals surface area contributed by atoms with Crippen molar-refractivity contribution in [1.82, 2.24) is 15.3 Å². The number of hydrazine groups is 1. The standard InChI is InChI=1S/C17H20N4O3S/c1-19-7-9-20(10-8-19)18-15(22)12-21-16(23)14(25-17(21)24)11-13-5-3-2-4-6-13/h2-6,11H,7-10,12H2,1H3,(H,18,22)/p+1. The molecule has 132 valence electrons. The van der Waals surface area contributed by atoms with Gasteiger partial charge in [-0.05, 0) is 23.4 Å². The molecule has 2 N–H and O–H groups in total. The average molecular weight is 361 g/mol. The van der Waals surface area contributed by atoms with Gasteiger partial charge in [0.25, 0.3) is 17.1 Å². The maximum Gasteiger partial charge on any atom is 0.294 e. The average Bonchev–Trinajstić information content (AvgIpc) is 2.85. The Bertz CT molecular complexity index is 699. The van der Waals surface area contributed by atoms with E-state index in [0.717, 1.165) is 48.4 Å². The van der Waals surface area contributed by atoms with Crippen LogP contribution in [0.15, 0.2) is 35.2 Å². The number of nitrogens with zero attached hydrogens (tertiary/aromatic N) is 2. The van der Waals surface area contributed by atoms with Crippen molar-refractivity contribution in [3.8, 4) is 0 Å². The summed E-state index contributed by atoms with van der Waals surface area (Å²) < 4.78 is 0. The van der Waals surface area contributed by atoms with E-state index in [1.165, 1.54) is 4.90 Å². The van der Waals surface area contributed by atoms with Crippen molar-refractivity contribution in [1.29, 1.82) is 0 Å². The highest BCUT2D eigenvalue weighted by Crippen LogP contribution is 2.31. The number of quaternary nitrogens is 1. The molecule has 0 spiro atoms. The third-order valence-corrected chi connectivity index (χ3v) is 5.08. The van der Waals surface area contributed by atoms with Gasteiger partial charge in [-0.25, -0.2) is 5.01 Å². The van der Waals surface area contributed by atoms with E-state index in [9.17, 15) is 14.4 Å². The van der Waals surface area contributed by atoms with Gasteiger partial charge in [-0.3, -0.25) is 24.7 Å². The van der Waals surface area contributed by atoms with Crippen LogP contribution in [0.3, 0.4) is 0 Å². The molecule has 0 atom stereocenters. The highest BCUT2D eigenvalue weighted by Gasteiger charge is 2.36. The molecule has 8 heteroatoms. The first kappa shape index (κ1) is 17.7. The molecule has 1 aromatic rings. The van der Waals surface area contributed by atoms with Gasteiger partial charge in [0.1, 0.15) is 6.54 Å². The molecule has 2 fully saturated rings. The summed E-state index contributed by atoms with van der Waals surface area (Å²) in [6, 6.07) is 9.32. The number of imide groups is 1. The fourth-order valence-electron chi connectivity index (χ4n) is 2.69. The number of benzene rings is 1. The van der Waals surface area contributed by atoms with Crippen LogP contribution in [0.5, 0.6) is 0 Å². The monoisotopic (exact) mass is 361 g/mol. The number of thioether (sulfide) groups is 1. The number of carbonyl (C=O) groups is 3. The van der Waals surface area contributed by atoms with E-state index in [1.54, 1.807) is 6.08 Å². The van der Waals surface area contributed by atoms with E-state index in [4.69, 9.17) is 0 Å². The van der Waals surface area contributed by atoms with Crippen LogP contribution in [-0.4, -0.2) is 66.7 Å². The largest absolute Gasteiger partial charge is 0.335 e. The predicted molar refractivity (Wildman–Crippen MR) is 95.5 cm³/mol. The Labute approximate surface area is 150 Å². The van der Waals surface area contributed by atoms with Gasteiger partial charge < -0.3 is 4.90 Å². The molecule has 25 heavy (non-hydrogen) atoms. The van der Waals surface area contributed by atoms with E-state index in [2.05, 4.69) is 12.5 Å². The number of nitrogens with one attached hydrogen (secondary N) is 2. The number of carbonyl (C=O) groups excluding carboxylic acids is 3. The highest BCUT2D eigenvalue weighted by atomic mass is 32.2. The molecule has 0 bridgehead atoms. The Morgan fingerprint density at radius 1 is 1.24 bits per heavy atom. The molecule has 0 unspecified atom stereocenters. The van der Waals surface area contributed by atoms with Gasteiger partial charge in [0, 0.05) is 0 Å². The lowest BCUT2D eigenvalue weighted by molar-refractivity contribution is -0.884. The topological polar surface area (TPSA) is 74.2 Å². The quantitative estimate of drug-likeness (QED) is 0.713. The van der Waals surface area contributed by atoms with Gasteiger partial charge in [-0.2, -0.15) is 0 Å². The third kappa shape index (κ3) is 4.47. The molecule has 3 amide bonds. The van der Waals surface area contributed by atoms with Crippen LogP contribution in [0.25, 0.3) is 6.08 Å². The summed E-state index contributed by atoms with van der Waals surface area (Å²) in [5, 5.41) is 1.43. The minimum atomic E-state index is -0.420. The van der Waals surface area contributed by atoms with E-state index in [1.807, 2.05) is 35.3 Å². The maximum absolute atomic E-state index is 12.4. The Morgan fingerprint density at radius 2 is 1.92 bits per heavy atom. The number of piperazine rings is 1. The number of hydrogen-bond donors (Lipinski definition) is 2. The molecule has 2 saturated heterocycles. The van der Waals surface area contributed by atoms with Crippen LogP contribution in [0.1, 0.15) is 5.56 Å². The van der Waals surface area contributed by atoms with E-state index in [0.29, 0.717) is 4.91 Å². The second-order valence-electron chi connectivity index (χ2n) is 6.16. The molecule has 1 aromatic carbocycles. The minimum Gasteiger partial charge on any atom is -0.335 e. The van der Waals surface area contributed by atoms with Crippen molar-refractivity contribution in [3.63, 3.8) is 0 Å². The van der Waals surface area contributed by atoms with Gasteiger partial charge in [-0.15, -0.1) is 0 Å². The van der Waals surface area contributed by atoms with Gasteiger partial charge >= 0.3 is 0 Å². The molecule has 0 aliphatic carbocycles. The first-order chi connectivity index (χ1) is 12.0. The summed E-state index contributed by atoms with van der Waals surface area (Å²) in [7, 11) is 2.11. The van der Waals surface area contributed by atoms with Crippen molar-refractivity contribution in [2.24, 2.45) is 0 Å². The highest BCUT2D eigenvalue weighted by molar-refractivity contribution is 8.18. The van der Waals surface area contributed by atoms with Crippen LogP contribution in [-0.2, 0) is 9.59 Å². The minimum absolute atomic E-state index is 0.254. The Balaban J connectivity index is 1.59. The molecule has 3 rings (SSSR count). The van der Waals surface area contributed by atoms with Gasteiger partial charge in [-0.1, -0.05) is 30.3 Å². The Hall–Kier alpha value is -2.16. The van der Waals surface area contributed by atoms with E-state index < -0.39 is 11.1 Å². The molecule has 7 nitrogen and oxygen atoms in total. The molecule has 0 saturated carbocycles.